The molecule has 3 aromatic rings. The molecule has 2 amide bonds. The SMILES string of the molecule is O=C(O)/C=C/C(=O)Nc1ccc(SC(C(=O)Nc2ccccc2Cl)c2ccccc2)cc1. The van der Waals surface area contributed by atoms with Gasteiger partial charge in [-0.2, -0.15) is 0 Å². The monoisotopic (exact) mass is 466 g/mol. The van der Waals surface area contributed by atoms with Crippen molar-refractivity contribution in [3.05, 3.63) is 102 Å². The van der Waals surface area contributed by atoms with Gasteiger partial charge in [0.2, 0.25) is 11.8 Å². The van der Waals surface area contributed by atoms with E-state index < -0.39 is 17.1 Å². The summed E-state index contributed by atoms with van der Waals surface area (Å²) in [6, 6.07) is 23.3. The minimum Gasteiger partial charge on any atom is -0.478 e. The van der Waals surface area contributed by atoms with E-state index in [0.29, 0.717) is 16.4 Å². The molecule has 32 heavy (non-hydrogen) atoms. The Balaban J connectivity index is 1.75. The average molecular weight is 467 g/mol. The van der Waals surface area contributed by atoms with Crippen molar-refractivity contribution in [2.75, 3.05) is 10.6 Å². The molecule has 0 saturated carbocycles. The van der Waals surface area contributed by atoms with Gasteiger partial charge in [0.05, 0.1) is 10.7 Å². The Morgan fingerprint density at radius 2 is 1.50 bits per heavy atom. The number of amides is 2. The molecule has 3 N–H and O–H groups in total. The number of carboxylic acid groups (broad SMARTS) is 1. The topological polar surface area (TPSA) is 95.5 Å². The summed E-state index contributed by atoms with van der Waals surface area (Å²) in [6.07, 6.45) is 1.71. The van der Waals surface area contributed by atoms with E-state index in [1.165, 1.54) is 11.8 Å². The predicted octanol–water partition coefficient (Wildman–Crippen LogP) is 5.39. The summed E-state index contributed by atoms with van der Waals surface area (Å²) in [7, 11) is 0. The predicted molar refractivity (Wildman–Crippen MR) is 127 cm³/mol. The molecule has 1 atom stereocenters. The second kappa shape index (κ2) is 11.2. The first-order valence-corrected chi connectivity index (χ1v) is 10.8. The molecule has 3 aromatic carbocycles. The molecule has 0 aliphatic rings. The Kier molecular flexibility index (Phi) is 8.08. The molecule has 0 aliphatic heterocycles. The number of carbonyl (C=O) groups excluding carboxylic acids is 2. The van der Waals surface area contributed by atoms with Crippen LogP contribution >= 0.6 is 23.4 Å². The molecule has 0 aromatic heterocycles. The quantitative estimate of drug-likeness (QED) is 0.305. The van der Waals surface area contributed by atoms with Gasteiger partial charge in [-0.1, -0.05) is 54.1 Å². The Labute approximate surface area is 194 Å². The molecular formula is C24H19ClN2O4S. The number of thioether (sulfide) groups is 1. The van der Waals surface area contributed by atoms with Gasteiger partial charge in [0, 0.05) is 22.7 Å². The third-order valence-electron chi connectivity index (χ3n) is 4.23. The molecule has 3 rings (SSSR count). The van der Waals surface area contributed by atoms with Gasteiger partial charge in [-0.15, -0.1) is 11.8 Å². The van der Waals surface area contributed by atoms with Crippen molar-refractivity contribution >= 4 is 52.5 Å². The lowest BCUT2D eigenvalue weighted by Crippen LogP contribution is -2.19. The number of benzene rings is 3. The zero-order valence-electron chi connectivity index (χ0n) is 16.7. The lowest BCUT2D eigenvalue weighted by Gasteiger charge is -2.18. The van der Waals surface area contributed by atoms with Gasteiger partial charge in [0.1, 0.15) is 5.25 Å². The van der Waals surface area contributed by atoms with Crippen LogP contribution in [0, 0.1) is 0 Å². The van der Waals surface area contributed by atoms with E-state index in [1.54, 1.807) is 48.5 Å². The van der Waals surface area contributed by atoms with Crippen molar-refractivity contribution < 1.29 is 19.5 Å². The summed E-state index contributed by atoms with van der Waals surface area (Å²) in [4.78, 5) is 36.1. The number of carboxylic acids is 1. The van der Waals surface area contributed by atoms with E-state index in [0.717, 1.165) is 22.6 Å². The van der Waals surface area contributed by atoms with E-state index in [1.807, 2.05) is 30.3 Å². The number of nitrogens with one attached hydrogen (secondary N) is 2. The van der Waals surface area contributed by atoms with Crippen LogP contribution in [0.4, 0.5) is 11.4 Å². The number of aliphatic carboxylic acids is 1. The van der Waals surface area contributed by atoms with Crippen LogP contribution in [0.2, 0.25) is 5.02 Å². The van der Waals surface area contributed by atoms with Crippen LogP contribution < -0.4 is 10.6 Å². The molecule has 1 unspecified atom stereocenters. The summed E-state index contributed by atoms with van der Waals surface area (Å²) in [5.74, 6) is -1.96. The maximum Gasteiger partial charge on any atom is 0.328 e. The van der Waals surface area contributed by atoms with Gasteiger partial charge in [-0.3, -0.25) is 9.59 Å². The molecule has 0 bridgehead atoms. The van der Waals surface area contributed by atoms with Gasteiger partial charge in [0.15, 0.2) is 0 Å². The molecule has 0 heterocycles. The zero-order valence-corrected chi connectivity index (χ0v) is 18.3. The van der Waals surface area contributed by atoms with Crippen LogP contribution in [0.15, 0.2) is 95.9 Å². The second-order valence-corrected chi connectivity index (χ2v) is 8.15. The molecule has 0 saturated heterocycles. The average Bonchev–Trinajstić information content (AvgIpc) is 2.79. The lowest BCUT2D eigenvalue weighted by atomic mass is 10.1. The van der Waals surface area contributed by atoms with Crippen LogP contribution in [-0.2, 0) is 14.4 Å². The van der Waals surface area contributed by atoms with Gasteiger partial charge in [-0.25, -0.2) is 4.79 Å². The van der Waals surface area contributed by atoms with E-state index in [-0.39, 0.29) is 5.91 Å². The maximum atomic E-state index is 13.1. The maximum absolute atomic E-state index is 13.1. The van der Waals surface area contributed by atoms with Crippen molar-refractivity contribution in [3.63, 3.8) is 0 Å². The van der Waals surface area contributed by atoms with Gasteiger partial charge < -0.3 is 15.7 Å². The van der Waals surface area contributed by atoms with E-state index >= 15 is 0 Å². The Morgan fingerprint density at radius 3 is 2.16 bits per heavy atom. The van der Waals surface area contributed by atoms with Gasteiger partial charge in [-0.05, 0) is 42.0 Å². The molecule has 8 heteroatoms. The Bertz CT molecular complexity index is 1130. The van der Waals surface area contributed by atoms with Crippen molar-refractivity contribution in [2.24, 2.45) is 0 Å². The van der Waals surface area contributed by atoms with Gasteiger partial charge in [0.25, 0.3) is 0 Å². The number of rotatable bonds is 8. The first-order chi connectivity index (χ1) is 15.4. The number of carbonyl (C=O) groups is 3. The van der Waals surface area contributed by atoms with E-state index in [2.05, 4.69) is 10.6 Å². The Morgan fingerprint density at radius 1 is 0.844 bits per heavy atom. The van der Waals surface area contributed by atoms with Crippen molar-refractivity contribution in [1.29, 1.82) is 0 Å². The van der Waals surface area contributed by atoms with Crippen LogP contribution in [0.5, 0.6) is 0 Å². The van der Waals surface area contributed by atoms with Gasteiger partial charge >= 0.3 is 5.97 Å². The molecule has 0 radical (unpaired) electrons. The molecule has 0 aliphatic carbocycles. The zero-order chi connectivity index (χ0) is 22.9. The number of anilines is 2. The highest BCUT2D eigenvalue weighted by atomic mass is 35.5. The standard InChI is InChI=1S/C24H19ClN2O4S/c25-19-8-4-5-9-20(19)27-24(31)23(16-6-2-1-3-7-16)32-18-12-10-17(11-13-18)26-21(28)14-15-22(29)30/h1-15,23H,(H,26,28)(H,27,31)(H,29,30)/b15-14+. The normalized spacial score (nSPS) is 11.7. The van der Waals surface area contributed by atoms with Crippen LogP contribution in [0.1, 0.15) is 10.8 Å². The summed E-state index contributed by atoms with van der Waals surface area (Å²) in [5, 5.41) is 14.0. The fourth-order valence-electron chi connectivity index (χ4n) is 2.75. The summed E-state index contributed by atoms with van der Waals surface area (Å²) >= 11 is 7.54. The van der Waals surface area contributed by atoms with E-state index in [4.69, 9.17) is 16.7 Å². The van der Waals surface area contributed by atoms with Crippen LogP contribution in [0.3, 0.4) is 0 Å². The third-order valence-corrected chi connectivity index (χ3v) is 5.82. The minimum atomic E-state index is -1.20. The molecular weight excluding hydrogens is 448 g/mol. The highest BCUT2D eigenvalue weighted by Gasteiger charge is 2.22. The number of para-hydroxylation sites is 1. The first kappa shape index (κ1) is 23.1. The number of hydrogen-bond donors (Lipinski definition) is 3. The number of halogens is 1. The smallest absolute Gasteiger partial charge is 0.328 e. The third kappa shape index (κ3) is 6.73. The summed E-state index contributed by atoms with van der Waals surface area (Å²) < 4.78 is 0. The molecule has 162 valence electrons. The fraction of sp³-hybridized carbons (Fsp3) is 0.0417. The highest BCUT2D eigenvalue weighted by molar-refractivity contribution is 8.00. The Hall–Kier alpha value is -3.55. The second-order valence-electron chi connectivity index (χ2n) is 6.56. The van der Waals surface area contributed by atoms with Crippen LogP contribution in [-0.4, -0.2) is 22.9 Å². The lowest BCUT2D eigenvalue weighted by molar-refractivity contribution is -0.131. The van der Waals surface area contributed by atoms with Crippen molar-refractivity contribution in [3.8, 4) is 0 Å². The minimum absolute atomic E-state index is 0.217. The molecule has 6 nitrogen and oxygen atoms in total. The highest BCUT2D eigenvalue weighted by Crippen LogP contribution is 2.37. The first-order valence-electron chi connectivity index (χ1n) is 9.51. The van der Waals surface area contributed by atoms with E-state index in [9.17, 15) is 14.4 Å². The molecule has 0 spiro atoms. The van der Waals surface area contributed by atoms with Crippen molar-refractivity contribution in [2.45, 2.75) is 10.1 Å². The molecule has 0 fully saturated rings. The van der Waals surface area contributed by atoms with Crippen LogP contribution in [0.25, 0.3) is 0 Å². The summed E-state index contributed by atoms with van der Waals surface area (Å²) in [6.45, 7) is 0. The number of hydrogen-bond acceptors (Lipinski definition) is 4. The fourth-order valence-corrected chi connectivity index (χ4v) is 3.95. The van der Waals surface area contributed by atoms with Crippen molar-refractivity contribution in [1.82, 2.24) is 0 Å². The largest absolute Gasteiger partial charge is 0.478 e. The summed E-state index contributed by atoms with van der Waals surface area (Å²) in [5.41, 5.74) is 1.87.